The summed E-state index contributed by atoms with van der Waals surface area (Å²) in [6.07, 6.45) is -4.84. The topological polar surface area (TPSA) is 73.1 Å². The number of benzene rings is 3. The number of alkyl halides is 3. The molecule has 4 nitrogen and oxygen atoms in total. The van der Waals surface area contributed by atoms with E-state index in [4.69, 9.17) is 5.26 Å². The minimum Gasteiger partial charge on any atom is -0.375 e. The number of aliphatic hydroxyl groups is 1. The van der Waals surface area contributed by atoms with Crippen LogP contribution in [0.15, 0.2) is 72.8 Å². The predicted octanol–water partition coefficient (Wildman–Crippen LogP) is 4.95. The van der Waals surface area contributed by atoms with Crippen molar-refractivity contribution < 1.29 is 23.1 Å². The van der Waals surface area contributed by atoms with Crippen LogP contribution < -0.4 is 5.32 Å². The highest BCUT2D eigenvalue weighted by molar-refractivity contribution is 5.98. The zero-order valence-corrected chi connectivity index (χ0v) is 16.6. The van der Waals surface area contributed by atoms with E-state index >= 15 is 0 Å². The quantitative estimate of drug-likeness (QED) is 0.608. The number of nitrogens with zero attached hydrogens (tertiary/aromatic N) is 1. The molecule has 0 spiro atoms. The Morgan fingerprint density at radius 1 is 1.03 bits per heavy atom. The van der Waals surface area contributed by atoms with Crippen molar-refractivity contribution in [2.24, 2.45) is 0 Å². The number of amides is 1. The van der Waals surface area contributed by atoms with Gasteiger partial charge in [-0.2, -0.15) is 18.4 Å². The lowest BCUT2D eigenvalue weighted by Crippen LogP contribution is -2.42. The van der Waals surface area contributed by atoms with Crippen molar-refractivity contribution in [3.8, 4) is 6.07 Å². The fourth-order valence-electron chi connectivity index (χ4n) is 3.33. The van der Waals surface area contributed by atoms with Crippen LogP contribution in [0.3, 0.4) is 0 Å². The van der Waals surface area contributed by atoms with E-state index in [9.17, 15) is 23.1 Å². The Labute approximate surface area is 177 Å². The van der Waals surface area contributed by atoms with Crippen molar-refractivity contribution in [1.29, 1.82) is 5.26 Å². The highest BCUT2D eigenvalue weighted by Gasteiger charge is 2.39. The Balaban J connectivity index is 1.99. The molecule has 2 N–H and O–H groups in total. The zero-order chi connectivity index (χ0) is 22.6. The molecule has 1 atom stereocenters. The standard InChI is InChI=1S/C24H19F3N2O2/c1-16-6-5-7-17(12-16)14-23(31,19-8-3-2-4-9-19)22(30)29-20-11-10-18(15-28)21(13-20)24(25,26)27/h2-13,31H,14H2,1H3,(H,29,30). The largest absolute Gasteiger partial charge is 0.417 e. The third-order valence-corrected chi connectivity index (χ3v) is 4.87. The monoisotopic (exact) mass is 424 g/mol. The second kappa shape index (κ2) is 8.62. The molecule has 0 aliphatic rings. The van der Waals surface area contributed by atoms with Crippen molar-refractivity contribution >= 4 is 11.6 Å². The van der Waals surface area contributed by atoms with Gasteiger partial charge in [-0.25, -0.2) is 0 Å². The number of anilines is 1. The molecular weight excluding hydrogens is 405 g/mol. The van der Waals surface area contributed by atoms with Crippen LogP contribution in [-0.4, -0.2) is 11.0 Å². The maximum absolute atomic E-state index is 13.3. The van der Waals surface area contributed by atoms with Crippen LogP contribution >= 0.6 is 0 Å². The smallest absolute Gasteiger partial charge is 0.375 e. The molecule has 0 saturated carbocycles. The number of hydrogen-bond donors (Lipinski definition) is 2. The lowest BCUT2D eigenvalue weighted by molar-refractivity contribution is -0.138. The number of rotatable bonds is 5. The first-order chi connectivity index (χ1) is 14.6. The molecule has 0 radical (unpaired) electrons. The number of halogens is 3. The van der Waals surface area contributed by atoms with Crippen LogP contribution in [0.1, 0.15) is 27.8 Å². The molecule has 1 unspecified atom stereocenters. The Bertz CT molecular complexity index is 1140. The van der Waals surface area contributed by atoms with Crippen molar-refractivity contribution in [2.75, 3.05) is 5.32 Å². The zero-order valence-electron chi connectivity index (χ0n) is 16.6. The summed E-state index contributed by atoms with van der Waals surface area (Å²) in [6, 6.07) is 19.8. The average Bonchev–Trinajstić information content (AvgIpc) is 2.73. The van der Waals surface area contributed by atoms with E-state index in [1.807, 2.05) is 19.1 Å². The van der Waals surface area contributed by atoms with Crippen LogP contribution in [0, 0.1) is 18.3 Å². The second-order valence-corrected chi connectivity index (χ2v) is 7.22. The normalized spacial score (nSPS) is 13.2. The molecule has 0 bridgehead atoms. The molecule has 3 aromatic rings. The Morgan fingerprint density at radius 2 is 1.74 bits per heavy atom. The Morgan fingerprint density at radius 3 is 2.35 bits per heavy atom. The minimum atomic E-state index is -4.76. The summed E-state index contributed by atoms with van der Waals surface area (Å²) in [5.74, 6) is -0.877. The fraction of sp³-hybridized carbons (Fsp3) is 0.167. The summed E-state index contributed by atoms with van der Waals surface area (Å²) in [5.41, 5.74) is -1.97. The number of aryl methyl sites for hydroxylation is 1. The molecule has 0 heterocycles. The number of carbonyl (C=O) groups excluding carboxylic acids is 1. The average molecular weight is 424 g/mol. The van der Waals surface area contributed by atoms with Gasteiger partial charge in [0.1, 0.15) is 0 Å². The maximum Gasteiger partial charge on any atom is 0.417 e. The molecule has 0 aliphatic carbocycles. The summed E-state index contributed by atoms with van der Waals surface area (Å²) in [5, 5.41) is 22.7. The lowest BCUT2D eigenvalue weighted by atomic mass is 9.86. The molecule has 3 rings (SSSR count). The number of hydrogen-bond acceptors (Lipinski definition) is 3. The van der Waals surface area contributed by atoms with Gasteiger partial charge < -0.3 is 10.4 Å². The van der Waals surface area contributed by atoms with Gasteiger partial charge >= 0.3 is 6.18 Å². The van der Waals surface area contributed by atoms with Crippen molar-refractivity contribution in [3.63, 3.8) is 0 Å². The number of nitrogens with one attached hydrogen (secondary N) is 1. The third-order valence-electron chi connectivity index (χ3n) is 4.87. The Hall–Kier alpha value is -3.63. The molecule has 0 fully saturated rings. The molecule has 0 aliphatic heterocycles. The van der Waals surface area contributed by atoms with Crippen molar-refractivity contribution in [3.05, 3.63) is 101 Å². The van der Waals surface area contributed by atoms with E-state index in [-0.39, 0.29) is 12.1 Å². The number of carbonyl (C=O) groups is 1. The van der Waals surface area contributed by atoms with Gasteiger partial charge in [-0.1, -0.05) is 60.2 Å². The van der Waals surface area contributed by atoms with E-state index in [1.54, 1.807) is 42.5 Å². The molecule has 0 saturated heterocycles. The summed E-state index contributed by atoms with van der Waals surface area (Å²) in [6.45, 7) is 1.88. The van der Waals surface area contributed by atoms with Gasteiger partial charge in [0, 0.05) is 12.1 Å². The second-order valence-electron chi connectivity index (χ2n) is 7.22. The maximum atomic E-state index is 13.3. The van der Waals surface area contributed by atoms with E-state index in [0.29, 0.717) is 17.2 Å². The molecule has 1 amide bonds. The van der Waals surface area contributed by atoms with Gasteiger partial charge in [-0.05, 0) is 36.2 Å². The SMILES string of the molecule is Cc1cccc(CC(O)(C(=O)Nc2ccc(C#N)c(C(F)(F)F)c2)c2ccccc2)c1. The van der Waals surface area contributed by atoms with Crippen LogP contribution in [0.25, 0.3) is 0 Å². The molecule has 158 valence electrons. The third kappa shape index (κ3) is 4.93. The van der Waals surface area contributed by atoms with Gasteiger partial charge in [-0.15, -0.1) is 0 Å². The molecule has 31 heavy (non-hydrogen) atoms. The van der Waals surface area contributed by atoms with Gasteiger partial charge in [0.25, 0.3) is 5.91 Å². The molecule has 0 aromatic heterocycles. The first kappa shape index (κ1) is 22.1. The van der Waals surface area contributed by atoms with Crippen molar-refractivity contribution in [2.45, 2.75) is 25.1 Å². The molecular formula is C24H19F3N2O2. The van der Waals surface area contributed by atoms with Crippen molar-refractivity contribution in [1.82, 2.24) is 0 Å². The van der Waals surface area contributed by atoms with E-state index in [2.05, 4.69) is 5.32 Å². The van der Waals surface area contributed by atoms with E-state index < -0.39 is 28.8 Å². The fourth-order valence-corrected chi connectivity index (χ4v) is 3.33. The summed E-state index contributed by atoms with van der Waals surface area (Å²) in [7, 11) is 0. The predicted molar refractivity (Wildman–Crippen MR) is 110 cm³/mol. The lowest BCUT2D eigenvalue weighted by Gasteiger charge is -2.28. The summed E-state index contributed by atoms with van der Waals surface area (Å²) < 4.78 is 39.8. The van der Waals surface area contributed by atoms with E-state index in [1.165, 1.54) is 12.1 Å². The minimum absolute atomic E-state index is 0.0765. The van der Waals surface area contributed by atoms with Crippen LogP contribution in [0.2, 0.25) is 0 Å². The van der Waals surface area contributed by atoms with Crippen LogP contribution in [-0.2, 0) is 23.0 Å². The number of nitriles is 1. The Kier molecular flexibility index (Phi) is 6.14. The van der Waals surface area contributed by atoms with Gasteiger partial charge in [-0.3, -0.25) is 4.79 Å². The first-order valence-electron chi connectivity index (χ1n) is 9.40. The first-order valence-corrected chi connectivity index (χ1v) is 9.40. The van der Waals surface area contributed by atoms with Crippen LogP contribution in [0.5, 0.6) is 0 Å². The van der Waals surface area contributed by atoms with Gasteiger partial charge in [0.15, 0.2) is 5.60 Å². The summed E-state index contributed by atoms with van der Waals surface area (Å²) in [4.78, 5) is 13.1. The summed E-state index contributed by atoms with van der Waals surface area (Å²) >= 11 is 0. The van der Waals surface area contributed by atoms with Gasteiger partial charge in [0.05, 0.1) is 17.2 Å². The highest BCUT2D eigenvalue weighted by atomic mass is 19.4. The van der Waals surface area contributed by atoms with Crippen LogP contribution in [0.4, 0.5) is 18.9 Å². The van der Waals surface area contributed by atoms with Gasteiger partial charge in [0.2, 0.25) is 0 Å². The highest BCUT2D eigenvalue weighted by Crippen LogP contribution is 2.34. The van der Waals surface area contributed by atoms with E-state index in [0.717, 1.165) is 11.6 Å². The molecule has 7 heteroatoms. The molecule has 3 aromatic carbocycles.